The summed E-state index contributed by atoms with van der Waals surface area (Å²) in [5.41, 5.74) is 0. The van der Waals surface area contributed by atoms with Crippen molar-refractivity contribution in [2.24, 2.45) is 0 Å². The maximum Gasteiger partial charge on any atom is 0.238 e. The number of carbonyl (C=O) groups is 1. The maximum atomic E-state index is 11.8. The summed E-state index contributed by atoms with van der Waals surface area (Å²) in [7, 11) is 0. The molecule has 0 bridgehead atoms. The van der Waals surface area contributed by atoms with Crippen LogP contribution in [-0.2, 0) is 4.79 Å². The summed E-state index contributed by atoms with van der Waals surface area (Å²) >= 11 is 7.54. The summed E-state index contributed by atoms with van der Waals surface area (Å²) in [4.78, 5) is 11.8. The normalized spacial score (nSPS) is 20.0. The van der Waals surface area contributed by atoms with Crippen molar-refractivity contribution in [3.8, 4) is 5.75 Å². The van der Waals surface area contributed by atoms with Crippen LogP contribution in [0.1, 0.15) is 6.92 Å². The fraction of sp³-hybridized carbons (Fsp3) is 0.462. The van der Waals surface area contributed by atoms with Gasteiger partial charge in [0.2, 0.25) is 5.91 Å². The SMILES string of the molecule is CC(CNC(=O)C1CSCN1)Oc1ccc(Cl)cc1. The highest BCUT2D eigenvalue weighted by Gasteiger charge is 2.22. The van der Waals surface area contributed by atoms with E-state index in [-0.39, 0.29) is 18.1 Å². The zero-order chi connectivity index (χ0) is 13.7. The molecule has 0 aromatic heterocycles. The molecular weight excluding hydrogens is 284 g/mol. The van der Waals surface area contributed by atoms with Gasteiger partial charge in [0.05, 0.1) is 12.6 Å². The van der Waals surface area contributed by atoms with Gasteiger partial charge in [-0.05, 0) is 31.2 Å². The molecule has 1 aromatic rings. The molecule has 0 radical (unpaired) electrons. The molecule has 2 N–H and O–H groups in total. The summed E-state index contributed by atoms with van der Waals surface area (Å²) in [6.07, 6.45) is -0.0841. The summed E-state index contributed by atoms with van der Waals surface area (Å²) in [6, 6.07) is 7.11. The molecule has 6 heteroatoms. The van der Waals surface area contributed by atoms with Gasteiger partial charge in [0.25, 0.3) is 0 Å². The standard InChI is InChI=1S/C13H17ClN2O2S/c1-9(18-11-4-2-10(14)3-5-11)6-15-13(17)12-7-19-8-16-12/h2-5,9,12,16H,6-8H2,1H3,(H,15,17). The van der Waals surface area contributed by atoms with E-state index in [4.69, 9.17) is 16.3 Å². The lowest BCUT2D eigenvalue weighted by Crippen LogP contribution is -2.44. The van der Waals surface area contributed by atoms with E-state index in [1.165, 1.54) is 0 Å². The number of amides is 1. The lowest BCUT2D eigenvalue weighted by Gasteiger charge is -2.17. The van der Waals surface area contributed by atoms with E-state index in [2.05, 4.69) is 10.6 Å². The minimum absolute atomic E-state index is 0.0385. The lowest BCUT2D eigenvalue weighted by molar-refractivity contribution is -0.122. The molecule has 0 spiro atoms. The van der Waals surface area contributed by atoms with Crippen LogP contribution in [0.2, 0.25) is 5.02 Å². The van der Waals surface area contributed by atoms with E-state index >= 15 is 0 Å². The lowest BCUT2D eigenvalue weighted by atomic mass is 10.3. The number of halogens is 1. The molecule has 1 heterocycles. The van der Waals surface area contributed by atoms with E-state index in [9.17, 15) is 4.79 Å². The van der Waals surface area contributed by atoms with Crippen LogP contribution in [0.15, 0.2) is 24.3 Å². The zero-order valence-electron chi connectivity index (χ0n) is 10.7. The Balaban J connectivity index is 1.73. The minimum Gasteiger partial charge on any atom is -0.489 e. The van der Waals surface area contributed by atoms with Gasteiger partial charge in [-0.3, -0.25) is 10.1 Å². The van der Waals surface area contributed by atoms with Crippen molar-refractivity contribution in [2.45, 2.75) is 19.1 Å². The first kappa shape index (κ1) is 14.5. The average molecular weight is 301 g/mol. The van der Waals surface area contributed by atoms with Gasteiger partial charge in [0.1, 0.15) is 11.9 Å². The van der Waals surface area contributed by atoms with Crippen molar-refractivity contribution in [2.75, 3.05) is 18.2 Å². The molecule has 19 heavy (non-hydrogen) atoms. The van der Waals surface area contributed by atoms with Crippen molar-refractivity contribution in [1.29, 1.82) is 0 Å². The van der Waals surface area contributed by atoms with Crippen LogP contribution >= 0.6 is 23.4 Å². The van der Waals surface area contributed by atoms with E-state index in [1.54, 1.807) is 23.9 Å². The highest BCUT2D eigenvalue weighted by atomic mass is 35.5. The van der Waals surface area contributed by atoms with Crippen molar-refractivity contribution in [3.05, 3.63) is 29.3 Å². The first-order chi connectivity index (χ1) is 9.15. The molecule has 1 aliphatic heterocycles. The number of carbonyl (C=O) groups excluding carboxylic acids is 1. The number of hydrogen-bond acceptors (Lipinski definition) is 4. The smallest absolute Gasteiger partial charge is 0.238 e. The molecule has 4 nitrogen and oxygen atoms in total. The molecule has 0 saturated carbocycles. The third-order valence-corrected chi connectivity index (χ3v) is 3.94. The Morgan fingerprint density at radius 3 is 2.95 bits per heavy atom. The molecule has 1 amide bonds. The molecule has 1 fully saturated rings. The molecular formula is C13H17ClN2O2S. The van der Waals surface area contributed by atoms with Gasteiger partial charge >= 0.3 is 0 Å². The van der Waals surface area contributed by atoms with Gasteiger partial charge < -0.3 is 10.1 Å². The van der Waals surface area contributed by atoms with Crippen molar-refractivity contribution >= 4 is 29.3 Å². The molecule has 1 aliphatic rings. The van der Waals surface area contributed by atoms with E-state index in [0.29, 0.717) is 11.6 Å². The molecule has 104 valence electrons. The predicted molar refractivity (Wildman–Crippen MR) is 78.8 cm³/mol. The summed E-state index contributed by atoms with van der Waals surface area (Å²) in [6.45, 7) is 2.41. The molecule has 1 saturated heterocycles. The summed E-state index contributed by atoms with van der Waals surface area (Å²) < 4.78 is 5.68. The molecule has 1 aromatic carbocycles. The predicted octanol–water partition coefficient (Wildman–Crippen LogP) is 1.89. The third kappa shape index (κ3) is 4.60. The first-order valence-electron chi connectivity index (χ1n) is 6.16. The molecule has 2 atom stereocenters. The van der Waals surface area contributed by atoms with Gasteiger partial charge in [-0.1, -0.05) is 11.6 Å². The number of ether oxygens (including phenoxy) is 1. The van der Waals surface area contributed by atoms with Gasteiger partial charge in [-0.25, -0.2) is 0 Å². The van der Waals surface area contributed by atoms with Crippen molar-refractivity contribution in [1.82, 2.24) is 10.6 Å². The van der Waals surface area contributed by atoms with E-state index < -0.39 is 0 Å². The fourth-order valence-corrected chi connectivity index (χ4v) is 2.79. The summed E-state index contributed by atoms with van der Waals surface area (Å²) in [5, 5.41) is 6.70. The van der Waals surface area contributed by atoms with Crippen LogP contribution < -0.4 is 15.4 Å². The number of rotatable bonds is 5. The summed E-state index contributed by atoms with van der Waals surface area (Å²) in [5.74, 6) is 2.46. The zero-order valence-corrected chi connectivity index (χ0v) is 12.3. The highest BCUT2D eigenvalue weighted by Crippen LogP contribution is 2.16. The Hall–Kier alpha value is -0.910. The molecule has 0 aliphatic carbocycles. The number of nitrogens with one attached hydrogen (secondary N) is 2. The number of thioether (sulfide) groups is 1. The Bertz CT molecular complexity index is 421. The van der Waals surface area contributed by atoms with Crippen LogP contribution in [-0.4, -0.2) is 36.2 Å². The Kier molecular flexibility index (Phi) is 5.36. The van der Waals surface area contributed by atoms with Crippen molar-refractivity contribution < 1.29 is 9.53 Å². The fourth-order valence-electron chi connectivity index (χ4n) is 1.72. The van der Waals surface area contributed by atoms with Gasteiger partial charge in [0, 0.05) is 16.7 Å². The largest absolute Gasteiger partial charge is 0.489 e. The topological polar surface area (TPSA) is 50.4 Å². The average Bonchev–Trinajstić information content (AvgIpc) is 2.93. The first-order valence-corrected chi connectivity index (χ1v) is 7.69. The number of benzene rings is 1. The van der Waals surface area contributed by atoms with Crippen LogP contribution in [0, 0.1) is 0 Å². The van der Waals surface area contributed by atoms with Crippen LogP contribution in [0.25, 0.3) is 0 Å². The Morgan fingerprint density at radius 1 is 1.58 bits per heavy atom. The second kappa shape index (κ2) is 7.03. The Labute approximate surface area is 122 Å². The quantitative estimate of drug-likeness (QED) is 0.872. The van der Waals surface area contributed by atoms with Gasteiger partial charge in [-0.15, -0.1) is 11.8 Å². The van der Waals surface area contributed by atoms with Gasteiger partial charge in [0.15, 0.2) is 0 Å². The Morgan fingerprint density at radius 2 is 2.32 bits per heavy atom. The molecule has 2 unspecified atom stereocenters. The van der Waals surface area contributed by atoms with E-state index in [0.717, 1.165) is 17.4 Å². The van der Waals surface area contributed by atoms with Gasteiger partial charge in [-0.2, -0.15) is 0 Å². The highest BCUT2D eigenvalue weighted by molar-refractivity contribution is 7.99. The number of hydrogen-bond donors (Lipinski definition) is 2. The minimum atomic E-state index is -0.0841. The maximum absolute atomic E-state index is 11.8. The molecule has 2 rings (SSSR count). The van der Waals surface area contributed by atoms with Crippen molar-refractivity contribution in [3.63, 3.8) is 0 Å². The third-order valence-electron chi connectivity index (χ3n) is 2.75. The van der Waals surface area contributed by atoms with Crippen LogP contribution in [0.5, 0.6) is 5.75 Å². The van der Waals surface area contributed by atoms with Crippen LogP contribution in [0.3, 0.4) is 0 Å². The van der Waals surface area contributed by atoms with E-state index in [1.807, 2.05) is 19.1 Å². The monoisotopic (exact) mass is 300 g/mol. The second-order valence-electron chi connectivity index (χ2n) is 4.40. The van der Waals surface area contributed by atoms with Crippen LogP contribution in [0.4, 0.5) is 0 Å². The second-order valence-corrected chi connectivity index (χ2v) is 5.87.